The van der Waals surface area contributed by atoms with Crippen LogP contribution in [0.5, 0.6) is 0 Å². The fourth-order valence-corrected chi connectivity index (χ4v) is 4.31. The SMILES string of the molecule is CCOCCOCCn1cc2ccc(Nc3nc(NC4CCCC[C@@H]4N)c(F)cc3C(N)=O)cc2n1. The number of nitrogens with two attached hydrogens (primary N) is 2. The van der Waals surface area contributed by atoms with Gasteiger partial charge in [0, 0.05) is 36.0 Å². The molecule has 0 aliphatic heterocycles. The average Bonchev–Trinajstić information content (AvgIpc) is 3.26. The molecule has 1 amide bonds. The fraction of sp³-hybridized carbons (Fsp3) is 0.480. The van der Waals surface area contributed by atoms with Crippen LogP contribution in [0.3, 0.4) is 0 Å². The van der Waals surface area contributed by atoms with Gasteiger partial charge in [-0.1, -0.05) is 12.8 Å². The molecule has 10 nitrogen and oxygen atoms in total. The number of nitrogens with one attached hydrogen (secondary N) is 2. The monoisotopic (exact) mass is 499 g/mol. The van der Waals surface area contributed by atoms with Crippen LogP contribution in [0, 0.1) is 5.82 Å². The number of amides is 1. The van der Waals surface area contributed by atoms with Gasteiger partial charge in [-0.05, 0) is 44.0 Å². The maximum atomic E-state index is 14.8. The van der Waals surface area contributed by atoms with Crippen molar-refractivity contribution in [2.45, 2.75) is 51.2 Å². The Kier molecular flexibility index (Phi) is 8.68. The summed E-state index contributed by atoms with van der Waals surface area (Å²) in [4.78, 5) is 16.4. The van der Waals surface area contributed by atoms with Gasteiger partial charge in [-0.15, -0.1) is 0 Å². The lowest BCUT2D eigenvalue weighted by molar-refractivity contribution is 0.0488. The number of rotatable bonds is 12. The minimum absolute atomic E-state index is 0.0409. The van der Waals surface area contributed by atoms with Crippen molar-refractivity contribution in [3.8, 4) is 0 Å². The highest BCUT2D eigenvalue weighted by Crippen LogP contribution is 2.28. The number of nitrogens with zero attached hydrogens (tertiary/aromatic N) is 3. The fourth-order valence-electron chi connectivity index (χ4n) is 4.31. The maximum Gasteiger partial charge on any atom is 0.252 e. The number of benzene rings is 1. The molecule has 0 bridgehead atoms. The van der Waals surface area contributed by atoms with E-state index in [0.717, 1.165) is 42.7 Å². The molecule has 1 fully saturated rings. The molecule has 11 heteroatoms. The average molecular weight is 500 g/mol. The van der Waals surface area contributed by atoms with Crippen molar-refractivity contribution in [1.82, 2.24) is 14.8 Å². The number of hydrogen-bond donors (Lipinski definition) is 4. The van der Waals surface area contributed by atoms with Gasteiger partial charge in [0.05, 0.1) is 37.4 Å². The van der Waals surface area contributed by atoms with Crippen LogP contribution >= 0.6 is 0 Å². The summed E-state index contributed by atoms with van der Waals surface area (Å²) in [5.41, 5.74) is 13.1. The molecule has 0 radical (unpaired) electrons. The highest BCUT2D eigenvalue weighted by Gasteiger charge is 2.24. The van der Waals surface area contributed by atoms with Crippen molar-refractivity contribution in [3.05, 3.63) is 41.8 Å². The van der Waals surface area contributed by atoms with Crippen LogP contribution in [0.4, 0.5) is 21.7 Å². The predicted molar refractivity (Wildman–Crippen MR) is 137 cm³/mol. The van der Waals surface area contributed by atoms with Crippen molar-refractivity contribution in [2.75, 3.05) is 37.1 Å². The molecule has 1 aromatic carbocycles. The molecule has 4 rings (SSSR count). The minimum atomic E-state index is -0.778. The summed E-state index contributed by atoms with van der Waals surface area (Å²) in [7, 11) is 0. The van der Waals surface area contributed by atoms with Crippen LogP contribution in [-0.4, -0.2) is 59.2 Å². The first-order chi connectivity index (χ1) is 17.4. The van der Waals surface area contributed by atoms with E-state index < -0.39 is 11.7 Å². The number of ether oxygens (including phenoxy) is 2. The van der Waals surface area contributed by atoms with Crippen LogP contribution in [-0.2, 0) is 16.0 Å². The van der Waals surface area contributed by atoms with Crippen molar-refractivity contribution in [2.24, 2.45) is 11.5 Å². The van der Waals surface area contributed by atoms with E-state index in [4.69, 9.17) is 20.9 Å². The van der Waals surface area contributed by atoms with Gasteiger partial charge in [-0.25, -0.2) is 9.37 Å². The van der Waals surface area contributed by atoms with E-state index in [-0.39, 0.29) is 29.3 Å². The molecular weight excluding hydrogens is 465 g/mol. The number of aromatic nitrogens is 3. The Balaban J connectivity index is 1.49. The second-order valence-electron chi connectivity index (χ2n) is 8.88. The standard InChI is InChI=1S/C25H34FN7O3/c1-2-35-11-12-36-10-9-33-15-16-7-8-17(13-22(16)32-33)29-24-18(23(28)34)14-19(26)25(31-24)30-21-6-4-3-5-20(21)27/h7-8,13-15,20-21H,2-6,9-12,27H2,1H3,(H2,28,34)(H2,29,30,31)/t20-,21?/m0/s1. The van der Waals surface area contributed by atoms with E-state index in [9.17, 15) is 9.18 Å². The Labute approximate surface area is 209 Å². The van der Waals surface area contributed by atoms with Gasteiger partial charge in [-0.3, -0.25) is 9.48 Å². The topological polar surface area (TPSA) is 142 Å². The third-order valence-corrected chi connectivity index (χ3v) is 6.24. The summed E-state index contributed by atoms with van der Waals surface area (Å²) in [6.07, 6.45) is 5.71. The summed E-state index contributed by atoms with van der Waals surface area (Å²) in [6, 6.07) is 6.52. The zero-order chi connectivity index (χ0) is 25.5. The largest absolute Gasteiger partial charge is 0.379 e. The van der Waals surface area contributed by atoms with Gasteiger partial charge in [0.15, 0.2) is 11.6 Å². The quantitative estimate of drug-likeness (QED) is 0.278. The normalized spacial score (nSPS) is 17.9. The first kappa shape index (κ1) is 25.8. The van der Waals surface area contributed by atoms with Crippen LogP contribution in [0.1, 0.15) is 43.0 Å². The number of halogens is 1. The lowest BCUT2D eigenvalue weighted by Crippen LogP contribution is -2.43. The number of carbonyl (C=O) groups is 1. The second kappa shape index (κ2) is 12.1. The molecule has 6 N–H and O–H groups in total. The van der Waals surface area contributed by atoms with Gasteiger partial charge in [0.1, 0.15) is 5.82 Å². The molecule has 0 saturated heterocycles. The third kappa shape index (κ3) is 6.48. The molecular formula is C25H34FN7O3. The number of anilines is 3. The van der Waals surface area contributed by atoms with Crippen molar-refractivity contribution in [3.63, 3.8) is 0 Å². The number of carbonyl (C=O) groups excluding carboxylic acids is 1. The summed E-state index contributed by atoms with van der Waals surface area (Å²) in [6.45, 7) is 4.86. The van der Waals surface area contributed by atoms with Crippen LogP contribution in [0.15, 0.2) is 30.5 Å². The third-order valence-electron chi connectivity index (χ3n) is 6.24. The number of pyridine rings is 1. The molecule has 2 aromatic heterocycles. The molecule has 2 atom stereocenters. The minimum Gasteiger partial charge on any atom is -0.379 e. The van der Waals surface area contributed by atoms with E-state index in [2.05, 4.69) is 20.7 Å². The Bertz CT molecular complexity index is 1190. The number of primary amides is 1. The molecule has 1 aliphatic carbocycles. The van der Waals surface area contributed by atoms with Crippen molar-refractivity contribution in [1.29, 1.82) is 0 Å². The van der Waals surface area contributed by atoms with Crippen molar-refractivity contribution < 1.29 is 18.7 Å². The molecule has 1 unspecified atom stereocenters. The molecule has 1 aliphatic rings. The van der Waals surface area contributed by atoms with Gasteiger partial charge >= 0.3 is 0 Å². The smallest absolute Gasteiger partial charge is 0.252 e. The first-order valence-corrected chi connectivity index (χ1v) is 12.4. The Morgan fingerprint density at radius 3 is 2.75 bits per heavy atom. The van der Waals surface area contributed by atoms with E-state index in [1.807, 2.05) is 36.0 Å². The van der Waals surface area contributed by atoms with Gasteiger partial charge < -0.3 is 31.6 Å². The lowest BCUT2D eigenvalue weighted by Gasteiger charge is -2.30. The zero-order valence-electron chi connectivity index (χ0n) is 20.5. The van der Waals surface area contributed by atoms with Gasteiger partial charge in [0.25, 0.3) is 5.91 Å². The highest BCUT2D eigenvalue weighted by atomic mass is 19.1. The molecule has 0 spiro atoms. The van der Waals surface area contributed by atoms with Crippen LogP contribution in [0.25, 0.3) is 10.9 Å². The van der Waals surface area contributed by atoms with Gasteiger partial charge in [0.2, 0.25) is 0 Å². The summed E-state index contributed by atoms with van der Waals surface area (Å²) in [5.74, 6) is -1.22. The summed E-state index contributed by atoms with van der Waals surface area (Å²) >= 11 is 0. The summed E-state index contributed by atoms with van der Waals surface area (Å²) < 4.78 is 27.4. The van der Waals surface area contributed by atoms with Crippen LogP contribution in [0.2, 0.25) is 0 Å². The molecule has 36 heavy (non-hydrogen) atoms. The van der Waals surface area contributed by atoms with E-state index >= 15 is 0 Å². The second-order valence-corrected chi connectivity index (χ2v) is 8.88. The highest BCUT2D eigenvalue weighted by molar-refractivity contribution is 5.99. The van der Waals surface area contributed by atoms with Crippen molar-refractivity contribution >= 4 is 34.1 Å². The number of hydrogen-bond acceptors (Lipinski definition) is 8. The zero-order valence-corrected chi connectivity index (χ0v) is 20.5. The lowest BCUT2D eigenvalue weighted by atomic mass is 9.91. The first-order valence-electron chi connectivity index (χ1n) is 12.4. The van der Waals surface area contributed by atoms with E-state index in [0.29, 0.717) is 38.7 Å². The Morgan fingerprint density at radius 1 is 1.17 bits per heavy atom. The maximum absolute atomic E-state index is 14.8. The molecule has 194 valence electrons. The predicted octanol–water partition coefficient (Wildman–Crippen LogP) is 3.15. The Morgan fingerprint density at radius 2 is 1.97 bits per heavy atom. The Hall–Kier alpha value is -3.28. The van der Waals surface area contributed by atoms with E-state index in [1.54, 1.807) is 0 Å². The molecule has 2 heterocycles. The molecule has 3 aromatic rings. The van der Waals surface area contributed by atoms with Crippen LogP contribution < -0.4 is 22.1 Å². The van der Waals surface area contributed by atoms with E-state index in [1.165, 1.54) is 0 Å². The number of fused-ring (bicyclic) bond motifs is 1. The summed E-state index contributed by atoms with van der Waals surface area (Å²) in [5, 5.41) is 11.8. The molecule has 1 saturated carbocycles. The van der Waals surface area contributed by atoms with Gasteiger partial charge in [-0.2, -0.15) is 5.10 Å².